The van der Waals surface area contributed by atoms with Gasteiger partial charge < -0.3 is 10.3 Å². The van der Waals surface area contributed by atoms with Crippen molar-refractivity contribution >= 4 is 10.0 Å². The lowest BCUT2D eigenvalue weighted by atomic mass is 10.3. The van der Waals surface area contributed by atoms with Crippen LogP contribution >= 0.6 is 0 Å². The van der Waals surface area contributed by atoms with Crippen molar-refractivity contribution in [3.8, 4) is 0 Å². The smallest absolute Gasteiger partial charge is 0.260 e. The van der Waals surface area contributed by atoms with Crippen molar-refractivity contribution in [3.05, 3.63) is 12.0 Å². The molecule has 1 unspecified atom stereocenters. The molecule has 6 nitrogen and oxygen atoms in total. The zero-order valence-corrected chi connectivity index (χ0v) is 10.9. The van der Waals surface area contributed by atoms with Crippen molar-refractivity contribution in [1.29, 1.82) is 0 Å². The van der Waals surface area contributed by atoms with Crippen molar-refractivity contribution < 1.29 is 8.42 Å². The van der Waals surface area contributed by atoms with Gasteiger partial charge in [-0.2, -0.15) is 4.31 Å². The van der Waals surface area contributed by atoms with Crippen molar-refractivity contribution in [2.45, 2.75) is 31.3 Å². The van der Waals surface area contributed by atoms with Crippen LogP contribution in [0.4, 0.5) is 0 Å². The maximum absolute atomic E-state index is 12.4. The van der Waals surface area contributed by atoms with Crippen LogP contribution in [0, 0.1) is 0 Å². The summed E-state index contributed by atoms with van der Waals surface area (Å²) in [5.41, 5.74) is 0. The van der Waals surface area contributed by atoms with Crippen molar-refractivity contribution in [2.75, 3.05) is 19.6 Å². The zero-order valence-electron chi connectivity index (χ0n) is 10.1. The van der Waals surface area contributed by atoms with E-state index < -0.39 is 10.0 Å². The quantitative estimate of drug-likeness (QED) is 0.797. The van der Waals surface area contributed by atoms with E-state index in [4.69, 9.17) is 0 Å². The summed E-state index contributed by atoms with van der Waals surface area (Å²) < 4.78 is 26.2. The number of piperazine rings is 1. The van der Waals surface area contributed by atoms with Gasteiger partial charge in [0, 0.05) is 32.1 Å². The molecule has 2 heterocycles. The molecule has 1 aromatic rings. The number of nitrogens with zero attached hydrogens (tertiary/aromatic N) is 2. The molecule has 1 atom stereocenters. The highest BCUT2D eigenvalue weighted by atomic mass is 32.2. The Morgan fingerprint density at radius 2 is 2.35 bits per heavy atom. The fourth-order valence-corrected chi connectivity index (χ4v) is 3.53. The van der Waals surface area contributed by atoms with Crippen LogP contribution in [-0.2, 0) is 16.4 Å². The molecule has 0 aliphatic carbocycles. The first-order chi connectivity index (χ1) is 8.05. The average Bonchev–Trinajstić information content (AvgIpc) is 2.78. The lowest BCUT2D eigenvalue weighted by molar-refractivity contribution is 0.283. The highest BCUT2D eigenvalue weighted by molar-refractivity contribution is 7.89. The van der Waals surface area contributed by atoms with E-state index in [2.05, 4.69) is 15.3 Å². The van der Waals surface area contributed by atoms with Crippen LogP contribution in [0.25, 0.3) is 0 Å². The number of aromatic nitrogens is 2. The lowest BCUT2D eigenvalue weighted by Crippen LogP contribution is -2.52. The van der Waals surface area contributed by atoms with E-state index in [0.717, 1.165) is 0 Å². The lowest BCUT2D eigenvalue weighted by Gasteiger charge is -2.32. The number of hydrogen-bond acceptors (Lipinski definition) is 4. The third-order valence-corrected chi connectivity index (χ3v) is 4.89. The third kappa shape index (κ3) is 2.36. The van der Waals surface area contributed by atoms with Crippen LogP contribution in [0.15, 0.2) is 11.2 Å². The molecule has 17 heavy (non-hydrogen) atoms. The minimum Gasteiger partial charge on any atom is -0.332 e. The van der Waals surface area contributed by atoms with Gasteiger partial charge in [0.2, 0.25) is 0 Å². The van der Waals surface area contributed by atoms with Crippen molar-refractivity contribution in [1.82, 2.24) is 19.6 Å². The molecule has 0 spiro atoms. The van der Waals surface area contributed by atoms with E-state index in [1.54, 1.807) is 0 Å². The molecule has 2 rings (SSSR count). The number of aromatic amines is 1. The molecule has 96 valence electrons. The van der Waals surface area contributed by atoms with E-state index in [1.807, 2.05) is 13.8 Å². The van der Waals surface area contributed by atoms with Crippen LogP contribution in [0.1, 0.15) is 19.7 Å². The van der Waals surface area contributed by atoms with E-state index in [1.165, 1.54) is 10.5 Å². The highest BCUT2D eigenvalue weighted by Gasteiger charge is 2.32. The van der Waals surface area contributed by atoms with Gasteiger partial charge in [-0.05, 0) is 6.92 Å². The number of rotatable bonds is 3. The molecule has 0 radical (unpaired) electrons. The van der Waals surface area contributed by atoms with Gasteiger partial charge in [-0.15, -0.1) is 0 Å². The third-order valence-electron chi connectivity index (χ3n) is 2.97. The molecule has 0 bridgehead atoms. The molecule has 2 N–H and O–H groups in total. The van der Waals surface area contributed by atoms with Crippen LogP contribution in [0.3, 0.4) is 0 Å². The minimum atomic E-state index is -3.43. The van der Waals surface area contributed by atoms with Gasteiger partial charge >= 0.3 is 0 Å². The Bertz CT molecular complexity index is 482. The predicted molar refractivity (Wildman–Crippen MR) is 64.2 cm³/mol. The molecule has 0 amide bonds. The Morgan fingerprint density at radius 3 is 2.94 bits per heavy atom. The Balaban J connectivity index is 2.28. The van der Waals surface area contributed by atoms with Gasteiger partial charge in [0.25, 0.3) is 10.0 Å². The fraction of sp³-hybridized carbons (Fsp3) is 0.700. The largest absolute Gasteiger partial charge is 0.332 e. The summed E-state index contributed by atoms with van der Waals surface area (Å²) in [6.45, 7) is 5.72. The second-order valence-electron chi connectivity index (χ2n) is 4.22. The van der Waals surface area contributed by atoms with E-state index in [-0.39, 0.29) is 11.1 Å². The minimum absolute atomic E-state index is 0.0258. The summed E-state index contributed by atoms with van der Waals surface area (Å²) in [6, 6.07) is -0.0258. The van der Waals surface area contributed by atoms with Gasteiger partial charge in [0.05, 0.1) is 6.20 Å². The SMILES string of the molecule is CCc1ncc(S(=O)(=O)N2CCNCC2C)[nH]1. The maximum atomic E-state index is 12.4. The van der Waals surface area contributed by atoms with Gasteiger partial charge in [-0.25, -0.2) is 13.4 Å². The summed E-state index contributed by atoms with van der Waals surface area (Å²) in [5.74, 6) is 0.700. The molecule has 1 aliphatic rings. The molecular formula is C10H18N4O2S. The zero-order chi connectivity index (χ0) is 12.5. The molecule has 1 fully saturated rings. The van der Waals surface area contributed by atoms with E-state index in [9.17, 15) is 8.42 Å². The van der Waals surface area contributed by atoms with Gasteiger partial charge in [-0.1, -0.05) is 6.92 Å². The number of H-pyrrole nitrogens is 1. The van der Waals surface area contributed by atoms with E-state index in [0.29, 0.717) is 31.9 Å². The first-order valence-corrected chi connectivity index (χ1v) is 7.26. The first kappa shape index (κ1) is 12.5. The molecule has 0 aromatic carbocycles. The molecule has 1 aromatic heterocycles. The number of imidazole rings is 1. The number of aryl methyl sites for hydroxylation is 1. The summed E-state index contributed by atoms with van der Waals surface area (Å²) in [7, 11) is -3.43. The Labute approximate surface area is 101 Å². The van der Waals surface area contributed by atoms with Crippen LogP contribution < -0.4 is 5.32 Å². The highest BCUT2D eigenvalue weighted by Crippen LogP contribution is 2.17. The second-order valence-corrected chi connectivity index (χ2v) is 6.08. The monoisotopic (exact) mass is 258 g/mol. The number of nitrogens with one attached hydrogen (secondary N) is 2. The molecule has 7 heteroatoms. The van der Waals surface area contributed by atoms with Crippen LogP contribution in [-0.4, -0.2) is 48.4 Å². The van der Waals surface area contributed by atoms with E-state index >= 15 is 0 Å². The summed E-state index contributed by atoms with van der Waals surface area (Å²) in [4.78, 5) is 6.90. The standard InChI is InChI=1S/C10H18N4O2S/c1-3-9-12-7-10(13-9)17(15,16)14-5-4-11-6-8(14)2/h7-8,11H,3-6H2,1-2H3,(H,12,13). The summed E-state index contributed by atoms with van der Waals surface area (Å²) >= 11 is 0. The van der Waals surface area contributed by atoms with Crippen LogP contribution in [0.5, 0.6) is 0 Å². The molecular weight excluding hydrogens is 240 g/mol. The topological polar surface area (TPSA) is 78.1 Å². The normalized spacial score (nSPS) is 22.8. The first-order valence-electron chi connectivity index (χ1n) is 5.82. The van der Waals surface area contributed by atoms with Gasteiger partial charge in [-0.3, -0.25) is 0 Å². The van der Waals surface area contributed by atoms with Gasteiger partial charge in [0.15, 0.2) is 5.03 Å². The number of hydrogen-bond donors (Lipinski definition) is 2. The number of sulfonamides is 1. The fourth-order valence-electron chi connectivity index (χ4n) is 1.96. The Hall–Kier alpha value is -0.920. The van der Waals surface area contributed by atoms with Crippen LogP contribution in [0.2, 0.25) is 0 Å². The molecule has 0 saturated carbocycles. The predicted octanol–water partition coefficient (Wildman–Crippen LogP) is -0.0455. The maximum Gasteiger partial charge on any atom is 0.260 e. The van der Waals surface area contributed by atoms with Crippen molar-refractivity contribution in [3.63, 3.8) is 0 Å². The Morgan fingerprint density at radius 1 is 1.59 bits per heavy atom. The summed E-state index contributed by atoms with van der Waals surface area (Å²) in [5, 5.41) is 3.37. The molecule has 1 saturated heterocycles. The van der Waals surface area contributed by atoms with Crippen molar-refractivity contribution in [2.24, 2.45) is 0 Å². The summed E-state index contributed by atoms with van der Waals surface area (Å²) in [6.07, 6.45) is 2.11. The second kappa shape index (κ2) is 4.75. The Kier molecular flexibility index (Phi) is 3.50. The average molecular weight is 258 g/mol. The molecule has 1 aliphatic heterocycles. The van der Waals surface area contributed by atoms with Gasteiger partial charge in [0.1, 0.15) is 5.82 Å².